The van der Waals surface area contributed by atoms with Crippen LogP contribution in [0.5, 0.6) is 5.75 Å². The van der Waals surface area contributed by atoms with E-state index in [9.17, 15) is 4.79 Å². The van der Waals surface area contributed by atoms with Gasteiger partial charge in [0.2, 0.25) is 5.78 Å². The number of Topliss-reactive ketones (excluding diaryl/α,β-unsaturated/α-hetero) is 1. The first-order valence-corrected chi connectivity index (χ1v) is 5.93. The quantitative estimate of drug-likeness (QED) is 0.759. The van der Waals surface area contributed by atoms with E-state index in [2.05, 4.69) is 5.10 Å². The van der Waals surface area contributed by atoms with E-state index in [4.69, 9.17) is 4.74 Å². The fourth-order valence-electron chi connectivity index (χ4n) is 1.69. The van der Waals surface area contributed by atoms with Crippen LogP contribution in [0.25, 0.3) is 0 Å². The van der Waals surface area contributed by atoms with Crippen LogP contribution in [0.1, 0.15) is 30.4 Å². The first-order chi connectivity index (χ1) is 8.68. The molecule has 0 bridgehead atoms. The monoisotopic (exact) mass is 244 g/mol. The summed E-state index contributed by atoms with van der Waals surface area (Å²) >= 11 is 0. The molecule has 0 saturated carbocycles. The summed E-state index contributed by atoms with van der Waals surface area (Å²) in [7, 11) is 0. The van der Waals surface area contributed by atoms with Gasteiger partial charge in [-0.1, -0.05) is 18.2 Å². The molecule has 0 N–H and O–H groups in total. The second-order valence-corrected chi connectivity index (χ2v) is 4.28. The van der Waals surface area contributed by atoms with Crippen molar-refractivity contribution in [2.75, 3.05) is 6.61 Å². The number of hydrogen-bond acceptors (Lipinski definition) is 3. The lowest BCUT2D eigenvalue weighted by atomic mass is 10.2. The van der Waals surface area contributed by atoms with Crippen LogP contribution in [-0.2, 0) is 0 Å². The summed E-state index contributed by atoms with van der Waals surface area (Å²) in [5.74, 6) is 0.631. The third-order valence-electron chi connectivity index (χ3n) is 2.56. The molecule has 0 aliphatic rings. The van der Waals surface area contributed by atoms with Crippen LogP contribution in [0.4, 0.5) is 0 Å². The Morgan fingerprint density at radius 3 is 2.67 bits per heavy atom. The zero-order chi connectivity index (χ0) is 13.0. The van der Waals surface area contributed by atoms with Gasteiger partial charge in [-0.05, 0) is 32.0 Å². The highest BCUT2D eigenvalue weighted by Gasteiger charge is 2.14. The molecule has 0 unspecified atom stereocenters. The number of hydrogen-bond donors (Lipinski definition) is 0. The first-order valence-electron chi connectivity index (χ1n) is 5.93. The van der Waals surface area contributed by atoms with Gasteiger partial charge < -0.3 is 4.74 Å². The van der Waals surface area contributed by atoms with E-state index < -0.39 is 0 Å². The Labute approximate surface area is 106 Å². The van der Waals surface area contributed by atoms with Crippen LogP contribution in [0.15, 0.2) is 42.6 Å². The van der Waals surface area contributed by atoms with Crippen molar-refractivity contribution in [3.05, 3.63) is 48.3 Å². The normalized spacial score (nSPS) is 10.6. The van der Waals surface area contributed by atoms with E-state index in [-0.39, 0.29) is 18.4 Å². The summed E-state index contributed by atoms with van der Waals surface area (Å²) in [4.78, 5) is 12.0. The summed E-state index contributed by atoms with van der Waals surface area (Å²) in [6, 6.07) is 11.2. The van der Waals surface area contributed by atoms with Crippen molar-refractivity contribution in [2.24, 2.45) is 0 Å². The summed E-state index contributed by atoms with van der Waals surface area (Å²) in [6.45, 7) is 4.01. The molecule has 4 nitrogen and oxygen atoms in total. The minimum atomic E-state index is -0.0648. The van der Waals surface area contributed by atoms with Crippen LogP contribution in [0, 0.1) is 0 Å². The third kappa shape index (κ3) is 2.77. The number of benzene rings is 1. The number of ether oxygens (including phenoxy) is 1. The van der Waals surface area contributed by atoms with E-state index >= 15 is 0 Å². The molecular weight excluding hydrogens is 228 g/mol. The van der Waals surface area contributed by atoms with Crippen molar-refractivity contribution in [3.63, 3.8) is 0 Å². The predicted octanol–water partition coefficient (Wildman–Crippen LogP) is 2.73. The molecule has 2 rings (SSSR count). The molecule has 94 valence electrons. The minimum absolute atomic E-state index is 0.0302. The van der Waals surface area contributed by atoms with E-state index in [1.807, 2.05) is 44.2 Å². The molecule has 0 spiro atoms. The minimum Gasteiger partial charge on any atom is -0.485 e. The molecule has 2 aromatic rings. The topological polar surface area (TPSA) is 44.1 Å². The lowest BCUT2D eigenvalue weighted by molar-refractivity contribution is 0.0909. The Morgan fingerprint density at radius 1 is 1.28 bits per heavy atom. The molecule has 1 aromatic carbocycles. The molecule has 0 atom stereocenters. The second-order valence-electron chi connectivity index (χ2n) is 4.28. The zero-order valence-electron chi connectivity index (χ0n) is 10.5. The number of carbonyl (C=O) groups excluding carboxylic acids is 1. The third-order valence-corrected chi connectivity index (χ3v) is 2.56. The van der Waals surface area contributed by atoms with Gasteiger partial charge in [-0.2, -0.15) is 5.10 Å². The molecule has 1 aromatic heterocycles. The molecule has 0 amide bonds. The van der Waals surface area contributed by atoms with Crippen molar-refractivity contribution >= 4 is 5.78 Å². The smallest absolute Gasteiger partial charge is 0.218 e. The van der Waals surface area contributed by atoms with Crippen molar-refractivity contribution in [3.8, 4) is 5.75 Å². The van der Waals surface area contributed by atoms with Crippen LogP contribution in [0.2, 0.25) is 0 Å². The number of rotatable bonds is 5. The average molecular weight is 244 g/mol. The van der Waals surface area contributed by atoms with Gasteiger partial charge >= 0.3 is 0 Å². The van der Waals surface area contributed by atoms with E-state index in [1.54, 1.807) is 16.9 Å². The molecule has 4 heteroatoms. The van der Waals surface area contributed by atoms with Crippen molar-refractivity contribution < 1.29 is 9.53 Å². The van der Waals surface area contributed by atoms with Crippen LogP contribution in [0.3, 0.4) is 0 Å². The van der Waals surface area contributed by atoms with E-state index in [1.165, 1.54) is 0 Å². The fraction of sp³-hybridized carbons (Fsp3) is 0.286. The molecule has 0 aliphatic carbocycles. The Bertz CT molecular complexity index is 518. The van der Waals surface area contributed by atoms with Gasteiger partial charge in [-0.3, -0.25) is 9.48 Å². The summed E-state index contributed by atoms with van der Waals surface area (Å²) < 4.78 is 7.14. The molecule has 1 heterocycles. The highest BCUT2D eigenvalue weighted by molar-refractivity contribution is 5.95. The summed E-state index contributed by atoms with van der Waals surface area (Å²) in [5, 5.41) is 4.13. The standard InChI is InChI=1S/C14H16N2O2/c1-11(2)16-13(8-9-15-16)14(17)10-18-12-6-4-3-5-7-12/h3-9,11H,10H2,1-2H3. The highest BCUT2D eigenvalue weighted by Crippen LogP contribution is 2.11. The van der Waals surface area contributed by atoms with Crippen LogP contribution >= 0.6 is 0 Å². The number of ketones is 1. The molecular formula is C14H16N2O2. The Balaban J connectivity index is 2.02. The lowest BCUT2D eigenvalue weighted by Crippen LogP contribution is -2.18. The van der Waals surface area contributed by atoms with Gasteiger partial charge in [0, 0.05) is 12.2 Å². The highest BCUT2D eigenvalue weighted by atomic mass is 16.5. The van der Waals surface area contributed by atoms with Gasteiger partial charge in [0.15, 0.2) is 6.61 Å². The molecule has 0 saturated heterocycles. The Hall–Kier alpha value is -2.10. The second kappa shape index (κ2) is 5.49. The van der Waals surface area contributed by atoms with E-state index in [0.29, 0.717) is 11.4 Å². The fourth-order valence-corrected chi connectivity index (χ4v) is 1.69. The van der Waals surface area contributed by atoms with Crippen molar-refractivity contribution in [1.82, 2.24) is 9.78 Å². The van der Waals surface area contributed by atoms with E-state index in [0.717, 1.165) is 0 Å². The maximum atomic E-state index is 12.0. The summed E-state index contributed by atoms with van der Waals surface area (Å²) in [6.07, 6.45) is 1.63. The Kier molecular flexibility index (Phi) is 3.77. The number of nitrogens with zero attached hydrogens (tertiary/aromatic N) is 2. The lowest BCUT2D eigenvalue weighted by Gasteiger charge is -2.10. The van der Waals surface area contributed by atoms with Crippen LogP contribution in [-0.4, -0.2) is 22.2 Å². The van der Waals surface area contributed by atoms with Gasteiger partial charge in [0.25, 0.3) is 0 Å². The number of aromatic nitrogens is 2. The largest absolute Gasteiger partial charge is 0.485 e. The SMILES string of the molecule is CC(C)n1nccc1C(=O)COc1ccccc1. The van der Waals surface area contributed by atoms with Crippen molar-refractivity contribution in [2.45, 2.75) is 19.9 Å². The molecule has 0 fully saturated rings. The van der Waals surface area contributed by atoms with Gasteiger partial charge in [0.1, 0.15) is 11.4 Å². The molecule has 0 radical (unpaired) electrons. The van der Waals surface area contributed by atoms with Gasteiger partial charge in [0.05, 0.1) is 0 Å². The molecule has 0 aliphatic heterocycles. The average Bonchev–Trinajstić information content (AvgIpc) is 2.86. The van der Waals surface area contributed by atoms with Gasteiger partial charge in [-0.15, -0.1) is 0 Å². The van der Waals surface area contributed by atoms with Crippen molar-refractivity contribution in [1.29, 1.82) is 0 Å². The van der Waals surface area contributed by atoms with Gasteiger partial charge in [-0.25, -0.2) is 0 Å². The molecule has 18 heavy (non-hydrogen) atoms. The first kappa shape index (κ1) is 12.4. The number of para-hydroxylation sites is 1. The zero-order valence-corrected chi connectivity index (χ0v) is 10.5. The number of carbonyl (C=O) groups is 1. The summed E-state index contributed by atoms with van der Waals surface area (Å²) in [5.41, 5.74) is 0.584. The Morgan fingerprint density at radius 2 is 2.00 bits per heavy atom. The maximum absolute atomic E-state index is 12.0. The van der Waals surface area contributed by atoms with Crippen LogP contribution < -0.4 is 4.74 Å². The maximum Gasteiger partial charge on any atom is 0.218 e. The predicted molar refractivity (Wildman–Crippen MR) is 68.9 cm³/mol.